The van der Waals surface area contributed by atoms with Crippen molar-refractivity contribution in [3.05, 3.63) is 0 Å². The number of aliphatic hydroxyl groups is 2. The summed E-state index contributed by atoms with van der Waals surface area (Å²) in [5.74, 6) is 1.73. The van der Waals surface area contributed by atoms with Crippen LogP contribution in [0.5, 0.6) is 0 Å². The fourth-order valence-corrected chi connectivity index (χ4v) is 4.17. The van der Waals surface area contributed by atoms with Gasteiger partial charge in [-0.05, 0) is 17.8 Å². The van der Waals surface area contributed by atoms with E-state index in [1.165, 1.54) is 64.2 Å². The van der Waals surface area contributed by atoms with Crippen molar-refractivity contribution in [3.63, 3.8) is 0 Å². The lowest BCUT2D eigenvalue weighted by molar-refractivity contribution is -0.0219. The van der Waals surface area contributed by atoms with Crippen molar-refractivity contribution >= 4 is 0 Å². The highest BCUT2D eigenvalue weighted by Gasteiger charge is 2.35. The van der Waals surface area contributed by atoms with Gasteiger partial charge in [-0.3, -0.25) is 0 Å². The molecule has 0 spiro atoms. The molecule has 0 aromatic carbocycles. The third-order valence-electron chi connectivity index (χ3n) is 5.02. The van der Waals surface area contributed by atoms with Crippen LogP contribution in [0.1, 0.15) is 64.2 Å². The van der Waals surface area contributed by atoms with E-state index in [0.717, 1.165) is 0 Å². The molecule has 100 valence electrons. The van der Waals surface area contributed by atoms with Gasteiger partial charge in [0.25, 0.3) is 0 Å². The van der Waals surface area contributed by atoms with E-state index in [0.29, 0.717) is 17.8 Å². The number of aliphatic hydroxyl groups excluding tert-OH is 2. The second kappa shape index (κ2) is 6.75. The minimum Gasteiger partial charge on any atom is -0.394 e. The third-order valence-corrected chi connectivity index (χ3v) is 5.02. The molecule has 0 aromatic rings. The standard InChI is InChI=1S/C15H28O2/c16-11-14(17)15(12-7-3-1-4-8-12)13-9-5-2-6-10-13/h12-17H,1-11H2. The Morgan fingerprint density at radius 3 is 1.53 bits per heavy atom. The molecule has 2 rings (SSSR count). The van der Waals surface area contributed by atoms with E-state index in [2.05, 4.69) is 0 Å². The van der Waals surface area contributed by atoms with E-state index < -0.39 is 6.10 Å². The zero-order chi connectivity index (χ0) is 12.1. The largest absolute Gasteiger partial charge is 0.394 e. The van der Waals surface area contributed by atoms with E-state index >= 15 is 0 Å². The Balaban J connectivity index is 2.00. The number of rotatable bonds is 4. The summed E-state index contributed by atoms with van der Waals surface area (Å²) in [7, 11) is 0. The molecule has 2 fully saturated rings. The lowest BCUT2D eigenvalue weighted by Gasteiger charge is -2.40. The quantitative estimate of drug-likeness (QED) is 0.792. The normalized spacial score (nSPS) is 26.3. The van der Waals surface area contributed by atoms with Gasteiger partial charge in [0.15, 0.2) is 0 Å². The Kier molecular flexibility index (Phi) is 5.30. The van der Waals surface area contributed by atoms with Gasteiger partial charge < -0.3 is 10.2 Å². The molecule has 0 aliphatic heterocycles. The van der Waals surface area contributed by atoms with E-state index in [9.17, 15) is 10.2 Å². The maximum atomic E-state index is 10.2. The Labute approximate surface area is 105 Å². The number of hydrogen-bond acceptors (Lipinski definition) is 2. The molecular formula is C15H28O2. The van der Waals surface area contributed by atoms with Crippen LogP contribution in [-0.2, 0) is 0 Å². The first kappa shape index (κ1) is 13.4. The van der Waals surface area contributed by atoms with Crippen LogP contribution in [0.2, 0.25) is 0 Å². The summed E-state index contributed by atoms with van der Waals surface area (Å²) in [5, 5.41) is 19.5. The van der Waals surface area contributed by atoms with Crippen LogP contribution in [-0.4, -0.2) is 22.9 Å². The summed E-state index contributed by atoms with van der Waals surface area (Å²) in [6.07, 6.45) is 12.7. The van der Waals surface area contributed by atoms with Crippen molar-refractivity contribution in [1.29, 1.82) is 0 Å². The molecule has 0 saturated heterocycles. The average molecular weight is 240 g/mol. The fourth-order valence-electron chi connectivity index (χ4n) is 4.17. The van der Waals surface area contributed by atoms with E-state index in [4.69, 9.17) is 0 Å². The van der Waals surface area contributed by atoms with Gasteiger partial charge in [0.2, 0.25) is 0 Å². The molecule has 2 N–H and O–H groups in total. The molecule has 1 unspecified atom stereocenters. The van der Waals surface area contributed by atoms with Gasteiger partial charge in [-0.25, -0.2) is 0 Å². The van der Waals surface area contributed by atoms with E-state index in [-0.39, 0.29) is 6.61 Å². The fraction of sp³-hybridized carbons (Fsp3) is 1.00. The minimum atomic E-state index is -0.471. The van der Waals surface area contributed by atoms with Crippen LogP contribution >= 0.6 is 0 Å². The summed E-state index contributed by atoms with van der Waals surface area (Å²) in [5.41, 5.74) is 0. The van der Waals surface area contributed by atoms with Crippen molar-refractivity contribution in [1.82, 2.24) is 0 Å². The maximum Gasteiger partial charge on any atom is 0.0804 e. The van der Waals surface area contributed by atoms with Crippen LogP contribution in [0.3, 0.4) is 0 Å². The first-order valence-electron chi connectivity index (χ1n) is 7.62. The topological polar surface area (TPSA) is 40.5 Å². The molecule has 2 saturated carbocycles. The summed E-state index contributed by atoms with van der Waals surface area (Å²) < 4.78 is 0. The molecule has 0 amide bonds. The van der Waals surface area contributed by atoms with Crippen molar-refractivity contribution in [3.8, 4) is 0 Å². The molecule has 0 bridgehead atoms. The first-order valence-corrected chi connectivity index (χ1v) is 7.62. The van der Waals surface area contributed by atoms with Gasteiger partial charge in [-0.2, -0.15) is 0 Å². The maximum absolute atomic E-state index is 10.2. The van der Waals surface area contributed by atoms with Crippen LogP contribution in [0.25, 0.3) is 0 Å². The predicted octanol–water partition coefficient (Wildman–Crippen LogP) is 3.12. The molecule has 0 heterocycles. The van der Waals surface area contributed by atoms with Gasteiger partial charge >= 0.3 is 0 Å². The van der Waals surface area contributed by atoms with Gasteiger partial charge in [0.05, 0.1) is 12.7 Å². The molecular weight excluding hydrogens is 212 g/mol. The van der Waals surface area contributed by atoms with Gasteiger partial charge in [-0.15, -0.1) is 0 Å². The van der Waals surface area contributed by atoms with Gasteiger partial charge in [0.1, 0.15) is 0 Å². The van der Waals surface area contributed by atoms with Gasteiger partial charge in [0, 0.05) is 0 Å². The van der Waals surface area contributed by atoms with Crippen molar-refractivity contribution in [2.45, 2.75) is 70.3 Å². The minimum absolute atomic E-state index is 0.0440. The first-order chi connectivity index (χ1) is 8.33. The summed E-state index contributed by atoms with van der Waals surface area (Å²) in [4.78, 5) is 0. The molecule has 17 heavy (non-hydrogen) atoms. The van der Waals surface area contributed by atoms with Crippen LogP contribution in [0.4, 0.5) is 0 Å². The smallest absolute Gasteiger partial charge is 0.0804 e. The zero-order valence-corrected chi connectivity index (χ0v) is 11.0. The second-order valence-corrected chi connectivity index (χ2v) is 6.12. The molecule has 0 aromatic heterocycles. The SMILES string of the molecule is OCC(O)C(C1CCCCC1)C1CCCCC1. The molecule has 2 heteroatoms. The molecule has 1 atom stereocenters. The van der Waals surface area contributed by atoms with Crippen molar-refractivity contribution in [2.75, 3.05) is 6.61 Å². The summed E-state index contributed by atoms with van der Waals surface area (Å²) in [6, 6.07) is 0. The zero-order valence-electron chi connectivity index (χ0n) is 11.0. The average Bonchev–Trinajstić information content (AvgIpc) is 2.41. The Morgan fingerprint density at radius 1 is 0.765 bits per heavy atom. The Hall–Kier alpha value is -0.0800. The highest BCUT2D eigenvalue weighted by molar-refractivity contribution is 4.85. The highest BCUT2D eigenvalue weighted by Crippen LogP contribution is 2.41. The lowest BCUT2D eigenvalue weighted by Crippen LogP contribution is -2.38. The van der Waals surface area contributed by atoms with Crippen molar-refractivity contribution < 1.29 is 10.2 Å². The van der Waals surface area contributed by atoms with Gasteiger partial charge in [-0.1, -0.05) is 64.2 Å². The van der Waals surface area contributed by atoms with E-state index in [1.54, 1.807) is 0 Å². The predicted molar refractivity (Wildman–Crippen MR) is 69.7 cm³/mol. The van der Waals surface area contributed by atoms with Crippen molar-refractivity contribution in [2.24, 2.45) is 17.8 Å². The summed E-state index contributed by atoms with van der Waals surface area (Å²) in [6.45, 7) is -0.0440. The monoisotopic (exact) mass is 240 g/mol. The molecule has 2 nitrogen and oxygen atoms in total. The summed E-state index contributed by atoms with van der Waals surface area (Å²) >= 11 is 0. The Bertz CT molecular complexity index is 187. The lowest BCUT2D eigenvalue weighted by atomic mass is 9.67. The second-order valence-electron chi connectivity index (χ2n) is 6.12. The van der Waals surface area contributed by atoms with Crippen LogP contribution < -0.4 is 0 Å². The third kappa shape index (κ3) is 3.45. The molecule has 0 radical (unpaired) electrons. The highest BCUT2D eigenvalue weighted by atomic mass is 16.3. The van der Waals surface area contributed by atoms with E-state index in [1.807, 2.05) is 0 Å². The molecule has 2 aliphatic rings. The Morgan fingerprint density at radius 2 is 1.18 bits per heavy atom. The van der Waals surface area contributed by atoms with Crippen LogP contribution in [0.15, 0.2) is 0 Å². The molecule has 2 aliphatic carbocycles. The number of hydrogen-bond donors (Lipinski definition) is 2. The van der Waals surface area contributed by atoms with Crippen LogP contribution in [0, 0.1) is 17.8 Å².